The Labute approximate surface area is 108 Å². The number of phosphoric acid groups is 1. The van der Waals surface area contributed by atoms with Crippen LogP contribution in [0.15, 0.2) is 0 Å². The second-order valence-electron chi connectivity index (χ2n) is 5.11. The molecular weight excluding hydrogens is 283 g/mol. The molecule has 1 spiro atoms. The van der Waals surface area contributed by atoms with Gasteiger partial charge in [-0.2, -0.15) is 0 Å². The van der Waals surface area contributed by atoms with Crippen LogP contribution in [0.5, 0.6) is 0 Å². The molecule has 1 aliphatic heterocycles. The Kier molecular flexibility index (Phi) is 3.51. The van der Waals surface area contributed by atoms with E-state index >= 15 is 0 Å². The van der Waals surface area contributed by atoms with Crippen LogP contribution in [0.3, 0.4) is 0 Å². The SMILES string of the molecule is O=C(O)[C@@]1(O)C[C@@H](O)[C@H](O)C2(COP(=O)(O)OC2)C1. The fourth-order valence-corrected chi connectivity index (χ4v) is 3.47. The summed E-state index contributed by atoms with van der Waals surface area (Å²) in [5, 5.41) is 38.6. The van der Waals surface area contributed by atoms with E-state index in [1.165, 1.54) is 0 Å². The van der Waals surface area contributed by atoms with Crippen LogP contribution in [0, 0.1) is 5.41 Å². The van der Waals surface area contributed by atoms with Crippen molar-refractivity contribution in [3.05, 3.63) is 0 Å². The number of hydrogen-bond acceptors (Lipinski definition) is 7. The molecular formula is C9H15O9P. The molecule has 1 saturated heterocycles. The minimum atomic E-state index is -4.21. The molecule has 1 saturated carbocycles. The van der Waals surface area contributed by atoms with E-state index in [2.05, 4.69) is 9.05 Å². The molecule has 2 rings (SSSR count). The molecule has 1 heterocycles. The van der Waals surface area contributed by atoms with Gasteiger partial charge in [-0.05, 0) is 6.42 Å². The van der Waals surface area contributed by atoms with E-state index in [0.29, 0.717) is 0 Å². The van der Waals surface area contributed by atoms with Crippen molar-refractivity contribution in [3.63, 3.8) is 0 Å². The van der Waals surface area contributed by atoms with Crippen molar-refractivity contribution in [2.75, 3.05) is 13.2 Å². The van der Waals surface area contributed by atoms with Gasteiger partial charge in [0, 0.05) is 6.42 Å². The molecule has 19 heavy (non-hydrogen) atoms. The minimum absolute atomic E-state index is 0.451. The highest BCUT2D eigenvalue weighted by Gasteiger charge is 2.59. The quantitative estimate of drug-likeness (QED) is 0.362. The third-order valence-electron chi connectivity index (χ3n) is 3.61. The predicted molar refractivity (Wildman–Crippen MR) is 58.0 cm³/mol. The highest BCUT2D eigenvalue weighted by atomic mass is 31.2. The number of aliphatic hydroxyl groups is 3. The molecule has 0 aromatic carbocycles. The fourth-order valence-electron chi connectivity index (χ4n) is 2.56. The first-order chi connectivity index (χ1) is 8.60. The summed E-state index contributed by atoms with van der Waals surface area (Å²) in [5.41, 5.74) is -3.69. The van der Waals surface area contributed by atoms with Gasteiger partial charge in [-0.15, -0.1) is 0 Å². The third-order valence-corrected chi connectivity index (χ3v) is 4.52. The molecule has 2 fully saturated rings. The Morgan fingerprint density at radius 3 is 2.26 bits per heavy atom. The monoisotopic (exact) mass is 298 g/mol. The Bertz CT molecular complexity index is 425. The van der Waals surface area contributed by atoms with Gasteiger partial charge in [0.25, 0.3) is 0 Å². The molecule has 0 unspecified atom stereocenters. The van der Waals surface area contributed by atoms with E-state index in [1.807, 2.05) is 0 Å². The summed E-state index contributed by atoms with van der Waals surface area (Å²) in [6.07, 6.45) is -3.92. The fraction of sp³-hybridized carbons (Fsp3) is 0.889. The Balaban J connectivity index is 2.28. The standard InChI is InChI=1S/C9H15O9P/c10-5-1-9(14,7(12)13)2-8(6(5)11)3-17-19(15,16)18-4-8/h5-6,10-11,14H,1-4H2,(H,12,13)(H,15,16)/t5-,6+,9-/m1/s1. The zero-order valence-corrected chi connectivity index (χ0v) is 10.7. The molecule has 10 heteroatoms. The number of phosphoric ester groups is 1. The van der Waals surface area contributed by atoms with Gasteiger partial charge in [0.15, 0.2) is 5.60 Å². The van der Waals surface area contributed by atoms with Crippen LogP contribution in [-0.4, -0.2) is 62.3 Å². The second kappa shape index (κ2) is 4.49. The van der Waals surface area contributed by atoms with Crippen molar-refractivity contribution < 1.29 is 43.7 Å². The highest BCUT2D eigenvalue weighted by molar-refractivity contribution is 7.47. The summed E-state index contributed by atoms with van der Waals surface area (Å²) in [7, 11) is -4.21. The summed E-state index contributed by atoms with van der Waals surface area (Å²) >= 11 is 0. The predicted octanol–water partition coefficient (Wildman–Crippen LogP) is -1.55. The number of aliphatic carboxylic acids is 1. The average molecular weight is 298 g/mol. The number of carbonyl (C=O) groups is 1. The molecule has 0 amide bonds. The average Bonchev–Trinajstić information content (AvgIpc) is 2.30. The van der Waals surface area contributed by atoms with Crippen LogP contribution >= 0.6 is 7.82 Å². The number of carboxylic acids is 1. The summed E-state index contributed by atoms with van der Waals surface area (Å²) in [6.45, 7) is -0.983. The van der Waals surface area contributed by atoms with Gasteiger partial charge in [0.1, 0.15) is 0 Å². The maximum absolute atomic E-state index is 11.1. The smallest absolute Gasteiger partial charge is 0.472 e. The van der Waals surface area contributed by atoms with E-state index in [9.17, 15) is 24.7 Å². The van der Waals surface area contributed by atoms with E-state index in [4.69, 9.17) is 10.00 Å². The number of carboxylic acid groups (broad SMARTS) is 1. The summed E-state index contributed by atoms with van der Waals surface area (Å²) < 4.78 is 20.3. The van der Waals surface area contributed by atoms with Crippen LogP contribution in [-0.2, 0) is 18.4 Å². The summed E-state index contributed by atoms with van der Waals surface area (Å²) in [4.78, 5) is 20.1. The van der Waals surface area contributed by atoms with Crippen LogP contribution in [0.2, 0.25) is 0 Å². The summed E-state index contributed by atoms with van der Waals surface area (Å²) in [5.74, 6) is -1.55. The van der Waals surface area contributed by atoms with Gasteiger partial charge in [0.2, 0.25) is 0 Å². The number of rotatable bonds is 1. The van der Waals surface area contributed by atoms with Crippen molar-refractivity contribution >= 4 is 13.8 Å². The van der Waals surface area contributed by atoms with E-state index in [-0.39, 0.29) is 0 Å². The Hall–Kier alpha value is -0.540. The maximum atomic E-state index is 11.1. The molecule has 0 aromatic rings. The van der Waals surface area contributed by atoms with Gasteiger partial charge >= 0.3 is 13.8 Å². The highest BCUT2D eigenvalue weighted by Crippen LogP contribution is 2.54. The van der Waals surface area contributed by atoms with Crippen LogP contribution in [0.4, 0.5) is 0 Å². The third kappa shape index (κ3) is 2.55. The lowest BCUT2D eigenvalue weighted by Crippen LogP contribution is -2.62. The van der Waals surface area contributed by atoms with Gasteiger partial charge < -0.3 is 25.3 Å². The lowest BCUT2D eigenvalue weighted by Gasteiger charge is -2.49. The van der Waals surface area contributed by atoms with E-state index < -0.39 is 63.1 Å². The Morgan fingerprint density at radius 1 is 1.26 bits per heavy atom. The molecule has 9 nitrogen and oxygen atoms in total. The molecule has 0 aromatic heterocycles. The van der Waals surface area contributed by atoms with Gasteiger partial charge in [-0.25, -0.2) is 9.36 Å². The van der Waals surface area contributed by atoms with E-state index in [1.54, 1.807) is 0 Å². The van der Waals surface area contributed by atoms with Crippen molar-refractivity contribution in [1.82, 2.24) is 0 Å². The van der Waals surface area contributed by atoms with Crippen LogP contribution in [0.25, 0.3) is 0 Å². The molecule has 0 bridgehead atoms. The largest absolute Gasteiger partial charge is 0.479 e. The molecule has 3 atom stereocenters. The zero-order chi connectivity index (χ0) is 14.5. The normalized spacial score (nSPS) is 51.2. The molecule has 110 valence electrons. The molecule has 5 N–H and O–H groups in total. The zero-order valence-electron chi connectivity index (χ0n) is 9.80. The molecule has 2 aliphatic rings. The number of aliphatic hydroxyl groups excluding tert-OH is 2. The second-order valence-corrected chi connectivity index (χ2v) is 6.56. The lowest BCUT2D eigenvalue weighted by atomic mass is 9.65. The van der Waals surface area contributed by atoms with Crippen molar-refractivity contribution in [2.45, 2.75) is 30.7 Å². The first kappa shape index (κ1) is 14.9. The van der Waals surface area contributed by atoms with Crippen LogP contribution < -0.4 is 0 Å². The summed E-state index contributed by atoms with van der Waals surface area (Å²) in [6, 6.07) is 0. The minimum Gasteiger partial charge on any atom is -0.479 e. The van der Waals surface area contributed by atoms with Gasteiger partial charge in [-0.1, -0.05) is 0 Å². The van der Waals surface area contributed by atoms with Crippen LogP contribution in [0.1, 0.15) is 12.8 Å². The van der Waals surface area contributed by atoms with Crippen molar-refractivity contribution in [1.29, 1.82) is 0 Å². The van der Waals surface area contributed by atoms with Crippen molar-refractivity contribution in [3.8, 4) is 0 Å². The van der Waals surface area contributed by atoms with E-state index in [0.717, 1.165) is 0 Å². The van der Waals surface area contributed by atoms with Gasteiger partial charge in [0.05, 0.1) is 30.8 Å². The topological polar surface area (TPSA) is 154 Å². The van der Waals surface area contributed by atoms with Crippen molar-refractivity contribution in [2.24, 2.45) is 5.41 Å². The lowest BCUT2D eigenvalue weighted by molar-refractivity contribution is -0.211. The first-order valence-electron chi connectivity index (χ1n) is 5.54. The molecule has 0 radical (unpaired) electrons. The number of hydrogen-bond donors (Lipinski definition) is 5. The Morgan fingerprint density at radius 2 is 1.79 bits per heavy atom. The maximum Gasteiger partial charge on any atom is 0.472 e. The molecule has 1 aliphatic carbocycles. The first-order valence-corrected chi connectivity index (χ1v) is 7.04. The van der Waals surface area contributed by atoms with Gasteiger partial charge in [-0.3, -0.25) is 9.05 Å².